The first-order valence-electron chi connectivity index (χ1n) is 6.78. The second-order valence-electron chi connectivity index (χ2n) is 5.21. The molecule has 1 aliphatic heterocycles. The van der Waals surface area contributed by atoms with E-state index >= 15 is 0 Å². The molecular formula is C17H14BrNO2. The Bertz CT molecular complexity index is 752. The van der Waals surface area contributed by atoms with Crippen LogP contribution in [0.15, 0.2) is 40.9 Å². The number of carbonyl (C=O) groups excluding carboxylic acids is 2. The highest BCUT2D eigenvalue weighted by atomic mass is 79.9. The molecule has 0 aromatic heterocycles. The van der Waals surface area contributed by atoms with Gasteiger partial charge in [0.15, 0.2) is 5.78 Å². The van der Waals surface area contributed by atoms with Crippen molar-refractivity contribution in [1.29, 1.82) is 0 Å². The Labute approximate surface area is 131 Å². The molecule has 1 aliphatic rings. The van der Waals surface area contributed by atoms with E-state index < -0.39 is 0 Å². The fraction of sp³-hybridized carbons (Fsp3) is 0.176. The second-order valence-corrected chi connectivity index (χ2v) is 6.07. The third-order valence-corrected chi connectivity index (χ3v) is 4.55. The highest BCUT2D eigenvalue weighted by molar-refractivity contribution is 9.10. The van der Waals surface area contributed by atoms with E-state index in [-0.39, 0.29) is 11.7 Å². The minimum Gasteiger partial charge on any atom is -0.326 e. The van der Waals surface area contributed by atoms with Crippen molar-refractivity contribution < 1.29 is 9.59 Å². The Morgan fingerprint density at radius 2 is 1.81 bits per heavy atom. The summed E-state index contributed by atoms with van der Waals surface area (Å²) in [7, 11) is 0. The lowest BCUT2D eigenvalue weighted by atomic mass is 9.96. The molecule has 0 unspecified atom stereocenters. The third kappa shape index (κ3) is 2.76. The molecule has 0 atom stereocenters. The number of anilines is 1. The van der Waals surface area contributed by atoms with Gasteiger partial charge < -0.3 is 5.32 Å². The zero-order valence-electron chi connectivity index (χ0n) is 11.6. The smallest absolute Gasteiger partial charge is 0.224 e. The fourth-order valence-corrected chi connectivity index (χ4v) is 2.80. The number of aryl methyl sites for hydroxylation is 2. The van der Waals surface area contributed by atoms with Crippen molar-refractivity contribution in [3.8, 4) is 0 Å². The molecule has 4 heteroatoms. The summed E-state index contributed by atoms with van der Waals surface area (Å²) in [5, 5.41) is 2.82. The van der Waals surface area contributed by atoms with Crippen LogP contribution in [0.1, 0.15) is 33.5 Å². The monoisotopic (exact) mass is 343 g/mol. The van der Waals surface area contributed by atoms with Gasteiger partial charge in [-0.05, 0) is 48.7 Å². The standard InChI is InChI=1S/C17H14BrNO2/c1-10-2-3-13(9-14(10)18)17(21)12-4-6-15-11(8-12)5-7-16(20)19-15/h2-4,6,8-9H,5,7H2,1H3,(H,19,20). The van der Waals surface area contributed by atoms with Crippen LogP contribution in [0.3, 0.4) is 0 Å². The quantitative estimate of drug-likeness (QED) is 0.841. The zero-order valence-corrected chi connectivity index (χ0v) is 13.2. The predicted molar refractivity (Wildman–Crippen MR) is 85.7 cm³/mol. The lowest BCUT2D eigenvalue weighted by Gasteiger charge is -2.17. The Hall–Kier alpha value is -1.94. The van der Waals surface area contributed by atoms with Crippen LogP contribution < -0.4 is 5.32 Å². The lowest BCUT2D eigenvalue weighted by molar-refractivity contribution is -0.116. The van der Waals surface area contributed by atoms with Crippen molar-refractivity contribution in [3.63, 3.8) is 0 Å². The molecule has 3 nitrogen and oxygen atoms in total. The number of benzene rings is 2. The SMILES string of the molecule is Cc1ccc(C(=O)c2ccc3c(c2)CCC(=O)N3)cc1Br. The van der Waals surface area contributed by atoms with Crippen LogP contribution in [0.2, 0.25) is 0 Å². The van der Waals surface area contributed by atoms with Crippen LogP contribution in [0.5, 0.6) is 0 Å². The maximum atomic E-state index is 12.6. The Morgan fingerprint density at radius 3 is 2.57 bits per heavy atom. The van der Waals surface area contributed by atoms with Crippen LogP contribution in [0.4, 0.5) is 5.69 Å². The van der Waals surface area contributed by atoms with Gasteiger partial charge in [-0.25, -0.2) is 0 Å². The van der Waals surface area contributed by atoms with E-state index in [4.69, 9.17) is 0 Å². The largest absolute Gasteiger partial charge is 0.326 e. The summed E-state index contributed by atoms with van der Waals surface area (Å²) >= 11 is 3.45. The van der Waals surface area contributed by atoms with Gasteiger partial charge in [0.2, 0.25) is 5.91 Å². The molecule has 2 aromatic rings. The molecule has 1 amide bonds. The van der Waals surface area contributed by atoms with Crippen molar-refractivity contribution in [1.82, 2.24) is 0 Å². The van der Waals surface area contributed by atoms with Gasteiger partial charge in [-0.15, -0.1) is 0 Å². The summed E-state index contributed by atoms with van der Waals surface area (Å²) in [5.74, 6) is 0.0273. The minimum atomic E-state index is -0.00426. The number of hydrogen-bond acceptors (Lipinski definition) is 2. The second kappa shape index (κ2) is 5.45. The first-order chi connectivity index (χ1) is 10.0. The zero-order chi connectivity index (χ0) is 15.0. The van der Waals surface area contributed by atoms with E-state index in [9.17, 15) is 9.59 Å². The third-order valence-electron chi connectivity index (χ3n) is 3.70. The van der Waals surface area contributed by atoms with Crippen molar-refractivity contribution in [2.75, 3.05) is 5.32 Å². The average molecular weight is 344 g/mol. The Kier molecular flexibility index (Phi) is 3.64. The van der Waals surface area contributed by atoms with Gasteiger partial charge in [-0.2, -0.15) is 0 Å². The minimum absolute atomic E-state index is 0.00426. The number of ketones is 1. The first-order valence-corrected chi connectivity index (χ1v) is 7.57. The fourth-order valence-electron chi connectivity index (χ4n) is 2.43. The summed E-state index contributed by atoms with van der Waals surface area (Å²) in [4.78, 5) is 23.9. The molecule has 1 heterocycles. The molecule has 0 saturated carbocycles. The van der Waals surface area contributed by atoms with E-state index in [1.165, 1.54) is 0 Å². The summed E-state index contributed by atoms with van der Waals surface area (Å²) in [6.07, 6.45) is 1.15. The normalized spacial score (nSPS) is 13.5. The topological polar surface area (TPSA) is 46.2 Å². The summed E-state index contributed by atoms with van der Waals surface area (Å²) in [5.41, 5.74) is 4.24. The molecule has 0 aliphatic carbocycles. The van der Waals surface area contributed by atoms with Gasteiger partial charge in [0.1, 0.15) is 0 Å². The van der Waals surface area contributed by atoms with Gasteiger partial charge in [0.25, 0.3) is 0 Å². The van der Waals surface area contributed by atoms with Crippen LogP contribution in [0.25, 0.3) is 0 Å². The molecule has 0 saturated heterocycles. The average Bonchev–Trinajstić information content (AvgIpc) is 2.49. The lowest BCUT2D eigenvalue weighted by Crippen LogP contribution is -2.19. The maximum absolute atomic E-state index is 12.6. The van der Waals surface area contributed by atoms with Crippen LogP contribution in [0, 0.1) is 6.92 Å². The van der Waals surface area contributed by atoms with Crippen LogP contribution in [-0.4, -0.2) is 11.7 Å². The number of carbonyl (C=O) groups is 2. The molecule has 0 fully saturated rings. The van der Waals surface area contributed by atoms with Crippen molar-refractivity contribution in [2.45, 2.75) is 19.8 Å². The molecule has 0 spiro atoms. The maximum Gasteiger partial charge on any atom is 0.224 e. The molecule has 106 valence electrons. The number of hydrogen-bond donors (Lipinski definition) is 1. The highest BCUT2D eigenvalue weighted by Crippen LogP contribution is 2.25. The number of amides is 1. The van der Waals surface area contributed by atoms with Gasteiger partial charge in [0, 0.05) is 27.7 Å². The van der Waals surface area contributed by atoms with E-state index in [0.29, 0.717) is 24.0 Å². The van der Waals surface area contributed by atoms with E-state index in [0.717, 1.165) is 21.3 Å². The summed E-state index contributed by atoms with van der Waals surface area (Å²) in [6, 6.07) is 11.1. The van der Waals surface area contributed by atoms with Crippen LogP contribution in [-0.2, 0) is 11.2 Å². The summed E-state index contributed by atoms with van der Waals surface area (Å²) in [6.45, 7) is 1.99. The molecule has 1 N–H and O–H groups in total. The van der Waals surface area contributed by atoms with Crippen LogP contribution >= 0.6 is 15.9 Å². The first kappa shape index (κ1) is 14.0. The van der Waals surface area contributed by atoms with Crippen molar-refractivity contribution in [2.24, 2.45) is 0 Å². The van der Waals surface area contributed by atoms with Gasteiger partial charge in [0.05, 0.1) is 0 Å². The van der Waals surface area contributed by atoms with E-state index in [1.54, 1.807) is 6.07 Å². The number of halogens is 1. The molecule has 0 bridgehead atoms. The van der Waals surface area contributed by atoms with Gasteiger partial charge in [-0.1, -0.05) is 28.1 Å². The van der Waals surface area contributed by atoms with E-state index in [1.807, 2.05) is 37.3 Å². The molecule has 3 rings (SSSR count). The van der Waals surface area contributed by atoms with Crippen molar-refractivity contribution >= 4 is 33.3 Å². The van der Waals surface area contributed by atoms with Gasteiger partial charge >= 0.3 is 0 Å². The summed E-state index contributed by atoms with van der Waals surface area (Å²) < 4.78 is 0.929. The van der Waals surface area contributed by atoms with Crippen molar-refractivity contribution in [3.05, 3.63) is 63.1 Å². The number of fused-ring (bicyclic) bond motifs is 1. The Morgan fingerprint density at radius 1 is 1.10 bits per heavy atom. The molecule has 2 aromatic carbocycles. The molecule has 21 heavy (non-hydrogen) atoms. The molecule has 0 radical (unpaired) electrons. The Balaban J connectivity index is 1.95. The predicted octanol–water partition coefficient (Wildman–Crippen LogP) is 3.87. The number of rotatable bonds is 2. The van der Waals surface area contributed by atoms with E-state index in [2.05, 4.69) is 21.2 Å². The van der Waals surface area contributed by atoms with Gasteiger partial charge in [-0.3, -0.25) is 9.59 Å². The number of nitrogens with one attached hydrogen (secondary N) is 1. The molecular weight excluding hydrogens is 330 g/mol. The highest BCUT2D eigenvalue weighted by Gasteiger charge is 2.17.